The molecule has 0 aliphatic carbocycles. The highest BCUT2D eigenvalue weighted by atomic mass is 32.2. The van der Waals surface area contributed by atoms with Crippen molar-refractivity contribution in [3.63, 3.8) is 0 Å². The van der Waals surface area contributed by atoms with Gasteiger partial charge in [-0.15, -0.1) is 0 Å². The Balaban J connectivity index is 1.65. The van der Waals surface area contributed by atoms with Crippen molar-refractivity contribution in [1.29, 1.82) is 0 Å². The van der Waals surface area contributed by atoms with Crippen LogP contribution in [0, 0.1) is 5.92 Å². The summed E-state index contributed by atoms with van der Waals surface area (Å²) in [5, 5.41) is 4.93. The smallest absolute Gasteiger partial charge is 0.309 e. The summed E-state index contributed by atoms with van der Waals surface area (Å²) in [6, 6.07) is 4.40. The van der Waals surface area contributed by atoms with E-state index in [2.05, 4.69) is 10.6 Å². The van der Waals surface area contributed by atoms with E-state index in [1.807, 2.05) is 13.8 Å². The predicted octanol–water partition coefficient (Wildman–Crippen LogP) is -0.307. The van der Waals surface area contributed by atoms with Crippen LogP contribution in [0.25, 0.3) is 0 Å². The number of rotatable bonds is 6. The van der Waals surface area contributed by atoms with Gasteiger partial charge in [-0.25, -0.2) is 8.42 Å². The normalized spacial score (nSPS) is 19.2. The molecule has 0 bridgehead atoms. The molecule has 1 fully saturated rings. The number of sulfonamides is 1. The molecule has 1 unspecified atom stereocenters. The summed E-state index contributed by atoms with van der Waals surface area (Å²) < 4.78 is 43.6. The van der Waals surface area contributed by atoms with Crippen LogP contribution in [0.3, 0.4) is 0 Å². The van der Waals surface area contributed by atoms with E-state index in [4.69, 9.17) is 14.2 Å². The third-order valence-corrected chi connectivity index (χ3v) is 6.26. The van der Waals surface area contributed by atoms with Gasteiger partial charge in [0.2, 0.25) is 10.0 Å². The van der Waals surface area contributed by atoms with Gasteiger partial charge in [0.1, 0.15) is 19.4 Å². The molecule has 3 rings (SSSR count). The van der Waals surface area contributed by atoms with E-state index in [0.29, 0.717) is 31.3 Å². The molecule has 2 heterocycles. The minimum atomic E-state index is -3.89. The van der Waals surface area contributed by atoms with Gasteiger partial charge in [-0.05, 0) is 18.1 Å². The highest BCUT2D eigenvalue weighted by molar-refractivity contribution is 7.89. The molecule has 0 aromatic heterocycles. The van der Waals surface area contributed by atoms with E-state index in [1.54, 1.807) is 6.07 Å². The van der Waals surface area contributed by atoms with Gasteiger partial charge in [-0.3, -0.25) is 9.59 Å². The van der Waals surface area contributed by atoms with E-state index in [9.17, 15) is 18.0 Å². The van der Waals surface area contributed by atoms with E-state index < -0.39 is 28.1 Å². The summed E-state index contributed by atoms with van der Waals surface area (Å²) in [7, 11) is -3.89. The molecule has 0 radical (unpaired) electrons. The van der Waals surface area contributed by atoms with Crippen LogP contribution in [0.15, 0.2) is 23.1 Å². The van der Waals surface area contributed by atoms with Crippen molar-refractivity contribution in [3.05, 3.63) is 18.2 Å². The number of ether oxygens (including phenoxy) is 3. The number of nitrogens with zero attached hydrogens (tertiary/aromatic N) is 1. The largest absolute Gasteiger partial charge is 0.486 e. The maximum atomic E-state index is 13.0. The topological polar surface area (TPSA) is 123 Å². The first-order valence-corrected chi connectivity index (χ1v) is 10.8. The number of fused-ring (bicyclic) bond motifs is 1. The van der Waals surface area contributed by atoms with Gasteiger partial charge in [0.05, 0.1) is 18.0 Å². The van der Waals surface area contributed by atoms with Crippen LogP contribution in [0.1, 0.15) is 13.8 Å². The summed E-state index contributed by atoms with van der Waals surface area (Å²) in [6.07, 6.45) is -0.907. The van der Waals surface area contributed by atoms with Crippen molar-refractivity contribution in [3.8, 4) is 11.5 Å². The highest BCUT2D eigenvalue weighted by Gasteiger charge is 2.37. The highest BCUT2D eigenvalue weighted by Crippen LogP contribution is 2.34. The molecule has 2 N–H and O–H groups in total. The molecule has 10 nitrogen and oxygen atoms in total. The second-order valence-corrected chi connectivity index (χ2v) is 8.95. The molecule has 0 spiro atoms. The molecular formula is C18H25N3O7S. The first-order chi connectivity index (χ1) is 13.8. The Morgan fingerprint density at radius 2 is 1.79 bits per heavy atom. The maximum Gasteiger partial charge on any atom is 0.309 e. The Bertz CT molecular complexity index is 872. The van der Waals surface area contributed by atoms with Gasteiger partial charge < -0.3 is 24.8 Å². The predicted molar refractivity (Wildman–Crippen MR) is 102 cm³/mol. The van der Waals surface area contributed by atoms with Gasteiger partial charge in [0.15, 0.2) is 11.5 Å². The Morgan fingerprint density at radius 3 is 2.52 bits per heavy atom. The molecular weight excluding hydrogens is 402 g/mol. The average Bonchev–Trinajstić information content (AvgIpc) is 3.19. The third kappa shape index (κ3) is 4.98. The van der Waals surface area contributed by atoms with Gasteiger partial charge in [0, 0.05) is 19.2 Å². The van der Waals surface area contributed by atoms with Crippen LogP contribution in [0.4, 0.5) is 0 Å². The van der Waals surface area contributed by atoms with Gasteiger partial charge in [-0.1, -0.05) is 13.8 Å². The fourth-order valence-electron chi connectivity index (χ4n) is 2.90. The number of amides is 2. The average molecular weight is 427 g/mol. The Labute approximate surface area is 169 Å². The van der Waals surface area contributed by atoms with Crippen molar-refractivity contribution >= 4 is 21.8 Å². The zero-order valence-corrected chi connectivity index (χ0v) is 17.2. The van der Waals surface area contributed by atoms with E-state index >= 15 is 0 Å². The fourth-order valence-corrected chi connectivity index (χ4v) is 4.43. The lowest BCUT2D eigenvalue weighted by Crippen LogP contribution is -2.47. The Morgan fingerprint density at radius 1 is 1.10 bits per heavy atom. The SMILES string of the molecule is CC(C)CNC(=O)C(=O)NCC1OCCN1S(=O)(=O)c1ccc2c(c1)OCCO2. The standard InChI is InChI=1S/C18H25N3O7S/c1-12(2)10-19-17(22)18(23)20-11-16-21(5-6-28-16)29(24,25)13-3-4-14-15(9-13)27-8-7-26-14/h3-4,9,12,16H,5-8,10-11H2,1-2H3,(H,19,22)(H,20,23). The minimum Gasteiger partial charge on any atom is -0.486 e. The molecule has 2 aliphatic rings. The lowest BCUT2D eigenvalue weighted by atomic mass is 10.2. The summed E-state index contributed by atoms with van der Waals surface area (Å²) in [5.41, 5.74) is 0. The van der Waals surface area contributed by atoms with Crippen LogP contribution in [0.2, 0.25) is 0 Å². The van der Waals surface area contributed by atoms with Crippen molar-refractivity contribution < 1.29 is 32.2 Å². The maximum absolute atomic E-state index is 13.0. The van der Waals surface area contributed by atoms with E-state index in [-0.39, 0.29) is 30.5 Å². The third-order valence-electron chi connectivity index (χ3n) is 4.38. The van der Waals surface area contributed by atoms with E-state index in [1.165, 1.54) is 12.1 Å². The molecule has 1 aromatic carbocycles. The van der Waals surface area contributed by atoms with Crippen molar-refractivity contribution in [2.75, 3.05) is 39.5 Å². The zero-order chi connectivity index (χ0) is 21.0. The molecule has 160 valence electrons. The Kier molecular flexibility index (Phi) is 6.60. The molecule has 1 saturated heterocycles. The number of hydrogen-bond acceptors (Lipinski definition) is 7. The lowest BCUT2D eigenvalue weighted by Gasteiger charge is -2.24. The van der Waals surface area contributed by atoms with Gasteiger partial charge >= 0.3 is 11.8 Å². The van der Waals surface area contributed by atoms with Gasteiger partial charge in [0.25, 0.3) is 0 Å². The van der Waals surface area contributed by atoms with Crippen LogP contribution < -0.4 is 20.1 Å². The second-order valence-electron chi connectivity index (χ2n) is 7.06. The first kappa shape index (κ1) is 21.3. The van der Waals surface area contributed by atoms with Crippen molar-refractivity contribution in [2.24, 2.45) is 5.92 Å². The summed E-state index contributed by atoms with van der Waals surface area (Å²) >= 11 is 0. The van der Waals surface area contributed by atoms with Crippen LogP contribution in [0.5, 0.6) is 11.5 Å². The molecule has 2 amide bonds. The second kappa shape index (κ2) is 8.97. The molecule has 1 atom stereocenters. The van der Waals surface area contributed by atoms with E-state index in [0.717, 1.165) is 4.31 Å². The van der Waals surface area contributed by atoms with Crippen LogP contribution in [-0.4, -0.2) is 70.2 Å². The lowest BCUT2D eigenvalue weighted by molar-refractivity contribution is -0.139. The molecule has 0 saturated carbocycles. The zero-order valence-electron chi connectivity index (χ0n) is 16.3. The summed E-state index contributed by atoms with van der Waals surface area (Å²) in [5.74, 6) is -0.541. The summed E-state index contributed by atoms with van der Waals surface area (Å²) in [4.78, 5) is 23.7. The number of hydrogen-bond donors (Lipinski definition) is 2. The number of nitrogens with one attached hydrogen (secondary N) is 2. The Hall–Kier alpha value is -2.37. The van der Waals surface area contributed by atoms with Crippen LogP contribution in [-0.2, 0) is 24.3 Å². The summed E-state index contributed by atoms with van der Waals surface area (Å²) in [6.45, 7) is 5.12. The minimum absolute atomic E-state index is 0.0400. The molecule has 29 heavy (non-hydrogen) atoms. The number of carbonyl (C=O) groups is 2. The van der Waals surface area contributed by atoms with Crippen LogP contribution >= 0.6 is 0 Å². The van der Waals surface area contributed by atoms with Gasteiger partial charge in [-0.2, -0.15) is 4.31 Å². The molecule has 11 heteroatoms. The fraction of sp³-hybridized carbons (Fsp3) is 0.556. The number of benzene rings is 1. The monoisotopic (exact) mass is 427 g/mol. The van der Waals surface area contributed by atoms with Crippen molar-refractivity contribution in [1.82, 2.24) is 14.9 Å². The van der Waals surface area contributed by atoms with Crippen molar-refractivity contribution in [2.45, 2.75) is 25.0 Å². The molecule has 1 aromatic rings. The first-order valence-electron chi connectivity index (χ1n) is 9.38. The number of carbonyl (C=O) groups excluding carboxylic acids is 2. The molecule has 2 aliphatic heterocycles. The quantitative estimate of drug-likeness (QED) is 0.597.